The monoisotopic (exact) mass is 441 g/mol. The summed E-state index contributed by atoms with van der Waals surface area (Å²) in [6, 6.07) is 13.8. The van der Waals surface area contributed by atoms with Crippen molar-refractivity contribution < 1.29 is 18.0 Å². The molecule has 31 heavy (non-hydrogen) atoms. The minimum Gasteiger partial charge on any atom is -0.348 e. The Hall–Kier alpha value is -2.71. The Morgan fingerprint density at radius 1 is 0.935 bits per heavy atom. The van der Waals surface area contributed by atoms with Gasteiger partial charge in [0.1, 0.15) is 0 Å². The number of anilines is 1. The molecule has 0 radical (unpaired) electrons. The molecule has 0 atom stereocenters. The summed E-state index contributed by atoms with van der Waals surface area (Å²) in [5.74, 6) is -0.185. The molecule has 4 rings (SSSR count). The van der Waals surface area contributed by atoms with E-state index >= 15 is 0 Å². The third kappa shape index (κ3) is 4.80. The maximum Gasteiger partial charge on any atom is 0.251 e. The molecule has 0 unspecified atom stereocenters. The quantitative estimate of drug-likeness (QED) is 0.747. The third-order valence-electron chi connectivity index (χ3n) is 5.82. The molecule has 2 aromatic carbocycles. The zero-order chi connectivity index (χ0) is 21.8. The molecule has 164 valence electrons. The fraction of sp³-hybridized carbons (Fsp3) is 0.391. The molecule has 1 N–H and O–H groups in total. The largest absolute Gasteiger partial charge is 0.348 e. The highest BCUT2D eigenvalue weighted by molar-refractivity contribution is 7.89. The fourth-order valence-corrected chi connectivity index (χ4v) is 5.61. The first-order chi connectivity index (χ1) is 14.9. The lowest BCUT2D eigenvalue weighted by molar-refractivity contribution is -0.117. The molecule has 7 nitrogen and oxygen atoms in total. The normalized spacial score (nSPS) is 17.7. The smallest absolute Gasteiger partial charge is 0.251 e. The maximum atomic E-state index is 12.9. The van der Waals surface area contributed by atoms with Crippen LogP contribution < -0.4 is 10.2 Å². The number of benzene rings is 2. The van der Waals surface area contributed by atoms with Crippen LogP contribution in [0.1, 0.15) is 48.0 Å². The van der Waals surface area contributed by atoms with Gasteiger partial charge in [-0.2, -0.15) is 4.31 Å². The van der Waals surface area contributed by atoms with Crippen LogP contribution in [0.15, 0.2) is 53.4 Å². The van der Waals surface area contributed by atoms with Crippen LogP contribution in [-0.4, -0.2) is 44.2 Å². The summed E-state index contributed by atoms with van der Waals surface area (Å²) in [6.07, 6.45) is 4.24. The minimum atomic E-state index is -3.58. The Labute approximate surface area is 183 Å². The van der Waals surface area contributed by atoms with Crippen molar-refractivity contribution in [1.29, 1.82) is 0 Å². The molecule has 0 aromatic heterocycles. The topological polar surface area (TPSA) is 86.8 Å². The van der Waals surface area contributed by atoms with E-state index in [0.717, 1.165) is 43.5 Å². The minimum absolute atomic E-state index is 0.139. The Balaban J connectivity index is 1.40. The van der Waals surface area contributed by atoms with Crippen molar-refractivity contribution in [3.05, 3.63) is 59.7 Å². The molecule has 2 saturated heterocycles. The number of sulfonamides is 1. The van der Waals surface area contributed by atoms with Crippen LogP contribution in [0.5, 0.6) is 0 Å². The van der Waals surface area contributed by atoms with E-state index in [1.165, 1.54) is 10.4 Å². The van der Waals surface area contributed by atoms with Gasteiger partial charge in [0.25, 0.3) is 5.91 Å². The zero-order valence-corrected chi connectivity index (χ0v) is 18.2. The first-order valence-electron chi connectivity index (χ1n) is 10.7. The predicted molar refractivity (Wildman–Crippen MR) is 118 cm³/mol. The highest BCUT2D eigenvalue weighted by atomic mass is 32.2. The van der Waals surface area contributed by atoms with Crippen molar-refractivity contribution in [1.82, 2.24) is 9.62 Å². The Bertz CT molecular complexity index is 1060. The molecule has 0 spiro atoms. The molecule has 2 amide bonds. The van der Waals surface area contributed by atoms with E-state index in [4.69, 9.17) is 0 Å². The number of carbonyl (C=O) groups is 2. The second-order valence-electron chi connectivity index (χ2n) is 7.99. The third-order valence-corrected chi connectivity index (χ3v) is 7.72. The van der Waals surface area contributed by atoms with Gasteiger partial charge in [0.05, 0.1) is 4.90 Å². The van der Waals surface area contributed by atoms with E-state index in [1.807, 2.05) is 24.3 Å². The van der Waals surface area contributed by atoms with Crippen LogP contribution in [0.25, 0.3) is 0 Å². The Morgan fingerprint density at radius 3 is 2.35 bits per heavy atom. The lowest BCUT2D eigenvalue weighted by Gasteiger charge is -2.26. The molecular formula is C23H27N3O4S. The van der Waals surface area contributed by atoms with Crippen LogP contribution in [-0.2, 0) is 21.4 Å². The Morgan fingerprint density at radius 2 is 1.68 bits per heavy atom. The molecule has 8 heteroatoms. The number of nitrogens with zero attached hydrogens (tertiary/aromatic N) is 2. The predicted octanol–water partition coefficient (Wildman–Crippen LogP) is 2.92. The number of amides is 2. The lowest BCUT2D eigenvalue weighted by atomic mass is 10.1. The fourth-order valence-electron chi connectivity index (χ4n) is 4.05. The number of piperidine rings is 1. The molecular weight excluding hydrogens is 414 g/mol. The molecule has 2 aliphatic heterocycles. The van der Waals surface area contributed by atoms with Crippen molar-refractivity contribution in [3.63, 3.8) is 0 Å². The number of hydrogen-bond acceptors (Lipinski definition) is 4. The van der Waals surface area contributed by atoms with Gasteiger partial charge in [-0.25, -0.2) is 8.42 Å². The SMILES string of the molecule is O=C(NCc1ccc(N2CCCC2=O)cc1)c1cccc(S(=O)(=O)N2CCCCC2)c1. The summed E-state index contributed by atoms with van der Waals surface area (Å²) in [5, 5.41) is 2.84. The zero-order valence-electron chi connectivity index (χ0n) is 17.4. The number of hydrogen-bond donors (Lipinski definition) is 1. The number of carbonyl (C=O) groups excluding carboxylic acids is 2. The number of rotatable bonds is 6. The van der Waals surface area contributed by atoms with Gasteiger partial charge in [-0.05, 0) is 55.2 Å². The average molecular weight is 442 g/mol. The molecule has 2 aliphatic rings. The van der Waals surface area contributed by atoms with Crippen molar-refractivity contribution in [2.24, 2.45) is 0 Å². The van der Waals surface area contributed by atoms with E-state index in [0.29, 0.717) is 31.6 Å². The van der Waals surface area contributed by atoms with Crippen LogP contribution in [0.3, 0.4) is 0 Å². The van der Waals surface area contributed by atoms with Crippen molar-refractivity contribution in [3.8, 4) is 0 Å². The van der Waals surface area contributed by atoms with E-state index in [1.54, 1.807) is 23.1 Å². The second kappa shape index (κ2) is 9.20. The first kappa shape index (κ1) is 21.5. The number of nitrogens with one attached hydrogen (secondary N) is 1. The molecule has 0 saturated carbocycles. The molecule has 0 bridgehead atoms. The van der Waals surface area contributed by atoms with E-state index in [2.05, 4.69) is 5.32 Å². The summed E-state index contributed by atoms with van der Waals surface area (Å²) in [6.45, 7) is 2.11. The van der Waals surface area contributed by atoms with Gasteiger partial charge in [0, 0.05) is 43.9 Å². The van der Waals surface area contributed by atoms with Crippen LogP contribution >= 0.6 is 0 Å². The van der Waals surface area contributed by atoms with Crippen LogP contribution in [0.4, 0.5) is 5.69 Å². The van der Waals surface area contributed by atoms with Crippen LogP contribution in [0.2, 0.25) is 0 Å². The van der Waals surface area contributed by atoms with Gasteiger partial charge < -0.3 is 10.2 Å². The van der Waals surface area contributed by atoms with Gasteiger partial charge in [-0.15, -0.1) is 0 Å². The highest BCUT2D eigenvalue weighted by Crippen LogP contribution is 2.23. The van der Waals surface area contributed by atoms with Gasteiger partial charge in [-0.3, -0.25) is 9.59 Å². The summed E-state index contributed by atoms with van der Waals surface area (Å²) in [5.41, 5.74) is 2.09. The van der Waals surface area contributed by atoms with E-state index in [-0.39, 0.29) is 16.7 Å². The lowest BCUT2D eigenvalue weighted by Crippen LogP contribution is -2.35. The van der Waals surface area contributed by atoms with Gasteiger partial charge in [0.2, 0.25) is 15.9 Å². The summed E-state index contributed by atoms with van der Waals surface area (Å²) < 4.78 is 27.2. The summed E-state index contributed by atoms with van der Waals surface area (Å²) >= 11 is 0. The van der Waals surface area contributed by atoms with Crippen molar-refractivity contribution in [2.75, 3.05) is 24.5 Å². The summed E-state index contributed by atoms with van der Waals surface area (Å²) in [7, 11) is -3.58. The molecule has 0 aliphatic carbocycles. The van der Waals surface area contributed by atoms with Crippen LogP contribution in [0, 0.1) is 0 Å². The molecule has 2 aromatic rings. The first-order valence-corrected chi connectivity index (χ1v) is 12.2. The van der Waals surface area contributed by atoms with Gasteiger partial charge in [-0.1, -0.05) is 24.6 Å². The maximum absolute atomic E-state index is 12.9. The molecule has 2 heterocycles. The average Bonchev–Trinajstić information content (AvgIpc) is 3.24. The summed E-state index contributed by atoms with van der Waals surface area (Å²) in [4.78, 5) is 26.4. The van der Waals surface area contributed by atoms with Gasteiger partial charge >= 0.3 is 0 Å². The van der Waals surface area contributed by atoms with Crippen molar-refractivity contribution >= 4 is 27.5 Å². The molecule has 2 fully saturated rings. The van der Waals surface area contributed by atoms with Gasteiger partial charge in [0.15, 0.2) is 0 Å². The van der Waals surface area contributed by atoms with E-state index in [9.17, 15) is 18.0 Å². The van der Waals surface area contributed by atoms with E-state index < -0.39 is 10.0 Å². The van der Waals surface area contributed by atoms with Crippen molar-refractivity contribution in [2.45, 2.75) is 43.5 Å². The second-order valence-corrected chi connectivity index (χ2v) is 9.93. The standard InChI is InChI=1S/C23H27N3O4S/c27-22-8-5-15-26(22)20-11-9-18(10-12-20)17-24-23(28)19-6-4-7-21(16-19)31(29,30)25-13-2-1-3-14-25/h4,6-7,9-12,16H,1-3,5,8,13-15,17H2,(H,24,28). The highest BCUT2D eigenvalue weighted by Gasteiger charge is 2.26. The Kier molecular flexibility index (Phi) is 6.38.